The highest BCUT2D eigenvalue weighted by molar-refractivity contribution is 5.49. The molecule has 0 aromatic heterocycles. The highest BCUT2D eigenvalue weighted by Gasteiger charge is 1.60. The van der Waals surface area contributed by atoms with Gasteiger partial charge in [-0.05, 0) is 54.3 Å². The SMILES string of the molecule is CC#CC#CC#CC#CC#CC#CC#CC#CC#CC#CC#CC#CC#CC#CC#CC#CC#CC#N. The van der Waals surface area contributed by atoms with Crippen LogP contribution in [0.2, 0.25) is 0 Å². The Morgan fingerprint density at radius 2 is 0.351 bits per heavy atom. The summed E-state index contributed by atoms with van der Waals surface area (Å²) in [5.41, 5.74) is 0. The fraction of sp³-hybridized carbons (Fsp3) is 0.0278. The van der Waals surface area contributed by atoms with Crippen molar-refractivity contribution in [1.29, 1.82) is 5.26 Å². The Hall–Kier alpha value is -7.99. The third kappa shape index (κ3) is 28.0. The predicted octanol–water partition coefficient (Wildman–Crippen LogP) is 0.588. The Labute approximate surface area is 219 Å². The lowest BCUT2D eigenvalue weighted by atomic mass is 10.4. The summed E-state index contributed by atoms with van der Waals surface area (Å²) < 4.78 is 0. The second-order valence-electron chi connectivity index (χ2n) is 4.49. The first-order valence-corrected chi connectivity index (χ1v) is 9.22. The summed E-state index contributed by atoms with van der Waals surface area (Å²) in [6.45, 7) is 1.69. The van der Waals surface area contributed by atoms with Crippen molar-refractivity contribution >= 4 is 0 Å². The van der Waals surface area contributed by atoms with Crippen molar-refractivity contribution in [2.24, 2.45) is 0 Å². The van der Waals surface area contributed by atoms with Crippen molar-refractivity contribution in [1.82, 2.24) is 0 Å². The van der Waals surface area contributed by atoms with Gasteiger partial charge in [-0.25, -0.2) is 0 Å². The molecule has 0 saturated heterocycles. The molecule has 0 radical (unpaired) electrons. The van der Waals surface area contributed by atoms with Crippen molar-refractivity contribution in [3.63, 3.8) is 0 Å². The Balaban J connectivity index is 4.51. The van der Waals surface area contributed by atoms with E-state index in [2.05, 4.69) is 201 Å². The van der Waals surface area contributed by atoms with Crippen LogP contribution >= 0.6 is 0 Å². The summed E-state index contributed by atoms with van der Waals surface area (Å²) in [4.78, 5) is 0. The van der Waals surface area contributed by atoms with Gasteiger partial charge in [-0.3, -0.25) is 0 Å². The van der Waals surface area contributed by atoms with E-state index in [1.165, 1.54) is 0 Å². The average molecular weight is 449 g/mol. The van der Waals surface area contributed by atoms with E-state index in [0.29, 0.717) is 0 Å². The lowest BCUT2D eigenvalue weighted by Crippen LogP contribution is -1.57. The Kier molecular flexibility index (Phi) is 22.0. The molecule has 0 saturated carbocycles. The second-order valence-corrected chi connectivity index (χ2v) is 4.49. The molecule has 0 aromatic rings. The molecule has 0 N–H and O–H groups in total. The van der Waals surface area contributed by atoms with E-state index in [1.807, 2.05) is 0 Å². The Morgan fingerprint density at radius 1 is 0.216 bits per heavy atom. The number of nitrogens with zero attached hydrogens (tertiary/aromatic N) is 1. The van der Waals surface area contributed by atoms with Crippen LogP contribution < -0.4 is 0 Å². The van der Waals surface area contributed by atoms with Crippen LogP contribution in [0.3, 0.4) is 0 Å². The van der Waals surface area contributed by atoms with Gasteiger partial charge in [-0.15, -0.1) is 0 Å². The van der Waals surface area contributed by atoms with Crippen molar-refractivity contribution in [2.45, 2.75) is 6.92 Å². The fourth-order valence-electron chi connectivity index (χ4n) is 1.06. The molecule has 0 fully saturated rings. The van der Waals surface area contributed by atoms with E-state index >= 15 is 0 Å². The Bertz CT molecular complexity index is 2080. The molecule has 152 valence electrons. The molecule has 1 heteroatoms. The summed E-state index contributed by atoms with van der Waals surface area (Å²) in [6, 6.07) is 1.63. The van der Waals surface area contributed by atoms with Gasteiger partial charge in [0.1, 0.15) is 0 Å². The third-order valence-electron chi connectivity index (χ3n) is 2.18. The molecular weight excluding hydrogens is 446 g/mol. The molecular formula is C36H3N. The van der Waals surface area contributed by atoms with Crippen LogP contribution in [0.1, 0.15) is 6.92 Å². The first-order chi connectivity index (χ1) is 18.4. The van der Waals surface area contributed by atoms with Crippen LogP contribution in [0.25, 0.3) is 0 Å². The third-order valence-corrected chi connectivity index (χ3v) is 2.18. The van der Waals surface area contributed by atoms with Gasteiger partial charge in [-0.1, -0.05) is 5.92 Å². The molecule has 0 aromatic carbocycles. The van der Waals surface area contributed by atoms with Gasteiger partial charge in [0.15, 0.2) is 6.07 Å². The molecule has 0 aliphatic carbocycles. The minimum atomic E-state index is 1.63. The van der Waals surface area contributed by atoms with Crippen LogP contribution in [0.4, 0.5) is 0 Å². The molecule has 0 unspecified atom stereocenters. The molecule has 0 aliphatic rings. The zero-order valence-corrected chi connectivity index (χ0v) is 18.9. The highest BCUT2D eigenvalue weighted by Crippen LogP contribution is 1.60. The molecule has 0 spiro atoms. The Morgan fingerprint density at radius 3 is 0.486 bits per heavy atom. The summed E-state index contributed by atoms with van der Waals surface area (Å²) in [5.74, 6) is 84.0. The monoisotopic (exact) mass is 449 g/mol. The second kappa shape index (κ2) is 28.0. The van der Waals surface area contributed by atoms with E-state index in [9.17, 15) is 0 Å². The maximum atomic E-state index is 8.16. The van der Waals surface area contributed by atoms with Crippen LogP contribution in [0.5, 0.6) is 0 Å². The molecule has 0 heterocycles. The van der Waals surface area contributed by atoms with Crippen molar-refractivity contribution < 1.29 is 0 Å². The van der Waals surface area contributed by atoms with Crippen molar-refractivity contribution in [3.05, 3.63) is 0 Å². The van der Waals surface area contributed by atoms with Gasteiger partial charge in [-0.2, -0.15) is 5.26 Å². The van der Waals surface area contributed by atoms with E-state index in [1.54, 1.807) is 13.0 Å². The van der Waals surface area contributed by atoms with E-state index in [4.69, 9.17) is 5.26 Å². The standard InChI is InChI=1S/C36H3N/c1-2-3-4-5-6-7-8-9-10-11-12-13-14-15-16-17-18-19-20-21-22-23-24-25-26-27-28-29-30-31-32-33-34-35-36-37/h1H3. The summed E-state index contributed by atoms with van der Waals surface area (Å²) in [5, 5.41) is 8.16. The molecule has 0 atom stereocenters. The summed E-state index contributed by atoms with van der Waals surface area (Å²) >= 11 is 0. The van der Waals surface area contributed by atoms with Crippen LogP contribution in [-0.2, 0) is 0 Å². The summed E-state index contributed by atoms with van der Waals surface area (Å²) in [6.07, 6.45) is 0. The first kappa shape index (κ1) is 29.0. The minimum absolute atomic E-state index is 1.63. The van der Waals surface area contributed by atoms with Crippen LogP contribution in [-0.4, -0.2) is 0 Å². The molecule has 37 heavy (non-hydrogen) atoms. The minimum Gasteiger partial charge on any atom is -0.183 e. The topological polar surface area (TPSA) is 23.8 Å². The predicted molar refractivity (Wildman–Crippen MR) is 143 cm³/mol. The smallest absolute Gasteiger partial charge is 0.153 e. The van der Waals surface area contributed by atoms with Crippen molar-refractivity contribution in [2.75, 3.05) is 0 Å². The maximum absolute atomic E-state index is 8.16. The van der Waals surface area contributed by atoms with Gasteiger partial charge in [0.2, 0.25) is 0 Å². The lowest BCUT2D eigenvalue weighted by Gasteiger charge is -1.57. The van der Waals surface area contributed by atoms with E-state index in [-0.39, 0.29) is 0 Å². The zero-order chi connectivity index (χ0) is 26.7. The molecule has 0 amide bonds. The normalized spacial score (nSPS) is 3.89. The van der Waals surface area contributed by atoms with Crippen molar-refractivity contribution in [3.8, 4) is 207 Å². The first-order valence-electron chi connectivity index (χ1n) is 9.22. The van der Waals surface area contributed by atoms with Gasteiger partial charge in [0.25, 0.3) is 0 Å². The fourth-order valence-corrected chi connectivity index (χ4v) is 1.06. The summed E-state index contributed by atoms with van der Waals surface area (Å²) in [7, 11) is 0. The van der Waals surface area contributed by atoms with Gasteiger partial charge >= 0.3 is 0 Å². The maximum Gasteiger partial charge on any atom is 0.153 e. The molecule has 0 bridgehead atoms. The molecule has 0 rings (SSSR count). The highest BCUT2D eigenvalue weighted by atomic mass is 14.2. The number of rotatable bonds is 0. The van der Waals surface area contributed by atoms with Crippen LogP contribution in [0, 0.1) is 213 Å². The van der Waals surface area contributed by atoms with E-state index < -0.39 is 0 Å². The van der Waals surface area contributed by atoms with E-state index in [0.717, 1.165) is 0 Å². The zero-order valence-electron chi connectivity index (χ0n) is 18.9. The lowest BCUT2D eigenvalue weighted by molar-refractivity contribution is 1.55. The number of hydrogen-bond donors (Lipinski definition) is 0. The average Bonchev–Trinajstić information content (AvgIpc) is 2.91. The van der Waals surface area contributed by atoms with Crippen LogP contribution in [0.15, 0.2) is 0 Å². The quantitative estimate of drug-likeness (QED) is 0.497. The largest absolute Gasteiger partial charge is 0.183 e. The van der Waals surface area contributed by atoms with Gasteiger partial charge < -0.3 is 0 Å². The van der Waals surface area contributed by atoms with Gasteiger partial charge in [0.05, 0.1) is 0 Å². The molecule has 0 aliphatic heterocycles. The number of nitriles is 1. The van der Waals surface area contributed by atoms with Gasteiger partial charge in [0, 0.05) is 148 Å². The molecule has 1 nitrogen and oxygen atoms in total. The number of hydrogen-bond acceptors (Lipinski definition) is 1.